The number of ether oxygens (including phenoxy) is 1. The van der Waals surface area contributed by atoms with Gasteiger partial charge in [0.05, 0.1) is 11.4 Å². The van der Waals surface area contributed by atoms with Crippen LogP contribution >= 0.6 is 0 Å². The van der Waals surface area contributed by atoms with Crippen molar-refractivity contribution in [1.29, 1.82) is 0 Å². The molecule has 0 saturated heterocycles. The normalized spacial score (nSPS) is 13.6. The number of anilines is 2. The van der Waals surface area contributed by atoms with Gasteiger partial charge in [-0.05, 0) is 57.5 Å². The first-order valence-corrected chi connectivity index (χ1v) is 6.64. The third-order valence-electron chi connectivity index (χ3n) is 3.35. The molecule has 0 radical (unpaired) electrons. The summed E-state index contributed by atoms with van der Waals surface area (Å²) >= 11 is 0. The predicted molar refractivity (Wildman–Crippen MR) is 79.6 cm³/mol. The second-order valence-corrected chi connectivity index (χ2v) is 6.05. The highest BCUT2D eigenvalue weighted by Gasteiger charge is 2.31. The third kappa shape index (κ3) is 1.97. The lowest BCUT2D eigenvalue weighted by Gasteiger charge is -2.42. The highest BCUT2D eigenvalue weighted by Crippen LogP contribution is 2.49. The monoisotopic (exact) mass is 253 g/mol. The number of para-hydroxylation sites is 2. The first-order chi connectivity index (χ1) is 8.97. The Balaban J connectivity index is 2.24. The van der Waals surface area contributed by atoms with Gasteiger partial charge in [0, 0.05) is 5.54 Å². The van der Waals surface area contributed by atoms with Crippen LogP contribution in [0.1, 0.15) is 26.3 Å². The molecule has 1 heterocycles. The Labute approximate surface area is 114 Å². The van der Waals surface area contributed by atoms with Crippen LogP contribution in [0.3, 0.4) is 0 Å². The summed E-state index contributed by atoms with van der Waals surface area (Å²) in [4.78, 5) is 2.35. The van der Waals surface area contributed by atoms with Crippen LogP contribution in [0.5, 0.6) is 11.5 Å². The van der Waals surface area contributed by atoms with Crippen LogP contribution in [0.15, 0.2) is 42.5 Å². The minimum Gasteiger partial charge on any atom is -0.453 e. The lowest BCUT2D eigenvalue weighted by Crippen LogP contribution is -2.39. The molecule has 0 unspecified atom stereocenters. The molecule has 0 aromatic heterocycles. The van der Waals surface area contributed by atoms with Gasteiger partial charge in [0.15, 0.2) is 11.5 Å². The van der Waals surface area contributed by atoms with E-state index in [1.807, 2.05) is 12.1 Å². The fourth-order valence-electron chi connectivity index (χ4n) is 2.59. The summed E-state index contributed by atoms with van der Waals surface area (Å²) in [6, 6.07) is 14.6. The van der Waals surface area contributed by atoms with Crippen molar-refractivity contribution in [2.24, 2.45) is 0 Å². The summed E-state index contributed by atoms with van der Waals surface area (Å²) in [6.07, 6.45) is 0. The van der Waals surface area contributed by atoms with E-state index in [2.05, 4.69) is 62.9 Å². The Morgan fingerprint density at radius 2 is 1.58 bits per heavy atom. The van der Waals surface area contributed by atoms with E-state index in [-0.39, 0.29) is 5.54 Å². The number of benzene rings is 2. The summed E-state index contributed by atoms with van der Waals surface area (Å²) in [5.41, 5.74) is 3.49. The number of hydrogen-bond acceptors (Lipinski definition) is 2. The van der Waals surface area contributed by atoms with E-state index in [9.17, 15) is 0 Å². The van der Waals surface area contributed by atoms with Gasteiger partial charge < -0.3 is 9.64 Å². The van der Waals surface area contributed by atoms with Crippen LogP contribution in [0, 0.1) is 6.92 Å². The number of nitrogens with zero attached hydrogens (tertiary/aromatic N) is 1. The van der Waals surface area contributed by atoms with Gasteiger partial charge in [-0.25, -0.2) is 0 Å². The molecule has 0 fully saturated rings. The molecule has 0 bridgehead atoms. The topological polar surface area (TPSA) is 12.5 Å². The van der Waals surface area contributed by atoms with Crippen molar-refractivity contribution in [3.8, 4) is 11.5 Å². The van der Waals surface area contributed by atoms with Crippen molar-refractivity contribution in [2.75, 3.05) is 4.90 Å². The molecular formula is C17H19NO. The van der Waals surface area contributed by atoms with Gasteiger partial charge in [0.1, 0.15) is 0 Å². The van der Waals surface area contributed by atoms with E-state index in [4.69, 9.17) is 4.74 Å². The van der Waals surface area contributed by atoms with Gasteiger partial charge in [-0.2, -0.15) is 0 Å². The molecule has 0 saturated carbocycles. The highest BCUT2D eigenvalue weighted by molar-refractivity contribution is 5.79. The third-order valence-corrected chi connectivity index (χ3v) is 3.35. The molecule has 1 aliphatic rings. The Kier molecular flexibility index (Phi) is 2.56. The zero-order valence-electron chi connectivity index (χ0n) is 11.9. The lowest BCUT2D eigenvalue weighted by molar-refractivity contribution is 0.451. The minimum atomic E-state index is 0.00386. The van der Waals surface area contributed by atoms with Crippen LogP contribution in [0.4, 0.5) is 11.4 Å². The van der Waals surface area contributed by atoms with Gasteiger partial charge in [0.2, 0.25) is 0 Å². The molecule has 0 N–H and O–H groups in total. The van der Waals surface area contributed by atoms with Gasteiger partial charge in [-0.3, -0.25) is 0 Å². The SMILES string of the molecule is Cc1ccc2c(c1)Oc1ccccc1N2C(C)(C)C. The summed E-state index contributed by atoms with van der Waals surface area (Å²) in [5, 5.41) is 0. The lowest BCUT2D eigenvalue weighted by atomic mass is 10.0. The van der Waals surface area contributed by atoms with Crippen LogP contribution in [0.25, 0.3) is 0 Å². The molecule has 0 atom stereocenters. The Hall–Kier alpha value is -1.96. The quantitative estimate of drug-likeness (QED) is 0.652. The van der Waals surface area contributed by atoms with Crippen molar-refractivity contribution < 1.29 is 4.74 Å². The highest BCUT2D eigenvalue weighted by atomic mass is 16.5. The van der Waals surface area contributed by atoms with Gasteiger partial charge in [-0.15, -0.1) is 0 Å². The Morgan fingerprint density at radius 1 is 0.895 bits per heavy atom. The minimum absolute atomic E-state index is 0.00386. The van der Waals surface area contributed by atoms with E-state index in [0.29, 0.717) is 0 Å². The molecule has 0 spiro atoms. The smallest absolute Gasteiger partial charge is 0.151 e. The van der Waals surface area contributed by atoms with Gasteiger partial charge >= 0.3 is 0 Å². The van der Waals surface area contributed by atoms with Crippen molar-refractivity contribution >= 4 is 11.4 Å². The summed E-state index contributed by atoms with van der Waals surface area (Å²) < 4.78 is 6.04. The van der Waals surface area contributed by atoms with E-state index in [1.165, 1.54) is 5.56 Å². The molecule has 2 aromatic rings. The maximum atomic E-state index is 6.04. The zero-order valence-corrected chi connectivity index (χ0v) is 11.9. The number of hydrogen-bond donors (Lipinski definition) is 0. The number of fused-ring (bicyclic) bond motifs is 2. The van der Waals surface area contributed by atoms with Crippen molar-refractivity contribution in [3.63, 3.8) is 0 Å². The second-order valence-electron chi connectivity index (χ2n) is 6.05. The first-order valence-electron chi connectivity index (χ1n) is 6.64. The van der Waals surface area contributed by atoms with Crippen LogP contribution in [0.2, 0.25) is 0 Å². The summed E-state index contributed by atoms with van der Waals surface area (Å²) in [6.45, 7) is 8.75. The molecule has 0 aliphatic carbocycles. The maximum absolute atomic E-state index is 6.04. The largest absolute Gasteiger partial charge is 0.453 e. The average Bonchev–Trinajstić information content (AvgIpc) is 2.34. The maximum Gasteiger partial charge on any atom is 0.151 e. The Morgan fingerprint density at radius 3 is 2.32 bits per heavy atom. The predicted octanol–water partition coefficient (Wildman–Crippen LogP) is 5.04. The molecule has 98 valence electrons. The number of aryl methyl sites for hydroxylation is 1. The molecule has 2 heteroatoms. The first kappa shape index (κ1) is 12.1. The molecule has 0 amide bonds. The molecule has 2 nitrogen and oxygen atoms in total. The van der Waals surface area contributed by atoms with Crippen molar-refractivity contribution in [3.05, 3.63) is 48.0 Å². The van der Waals surface area contributed by atoms with Gasteiger partial charge in [0.25, 0.3) is 0 Å². The molecule has 2 aromatic carbocycles. The Bertz CT molecular complexity index is 625. The summed E-state index contributed by atoms with van der Waals surface area (Å²) in [7, 11) is 0. The van der Waals surface area contributed by atoms with E-state index in [0.717, 1.165) is 22.9 Å². The molecule has 19 heavy (non-hydrogen) atoms. The molecular weight excluding hydrogens is 234 g/mol. The zero-order chi connectivity index (χ0) is 13.6. The summed E-state index contributed by atoms with van der Waals surface area (Å²) in [5.74, 6) is 1.86. The number of rotatable bonds is 0. The fraction of sp³-hybridized carbons (Fsp3) is 0.294. The fourth-order valence-corrected chi connectivity index (χ4v) is 2.59. The van der Waals surface area contributed by atoms with Gasteiger partial charge in [-0.1, -0.05) is 18.2 Å². The van der Waals surface area contributed by atoms with Crippen molar-refractivity contribution in [1.82, 2.24) is 0 Å². The van der Waals surface area contributed by atoms with E-state index < -0.39 is 0 Å². The molecule has 3 rings (SSSR count). The van der Waals surface area contributed by atoms with Crippen LogP contribution in [-0.4, -0.2) is 5.54 Å². The van der Waals surface area contributed by atoms with Crippen molar-refractivity contribution in [2.45, 2.75) is 33.2 Å². The second kappa shape index (κ2) is 4.02. The van der Waals surface area contributed by atoms with E-state index in [1.54, 1.807) is 0 Å². The van der Waals surface area contributed by atoms with Crippen LogP contribution in [-0.2, 0) is 0 Å². The molecule has 1 aliphatic heterocycles. The van der Waals surface area contributed by atoms with Crippen LogP contribution < -0.4 is 9.64 Å². The average molecular weight is 253 g/mol. The standard InChI is InChI=1S/C17H19NO/c1-12-9-10-14-16(11-12)19-15-8-6-5-7-13(15)18(14)17(2,3)4/h5-11H,1-4H3. The van der Waals surface area contributed by atoms with E-state index >= 15 is 0 Å².